The molecule has 1 aromatic carbocycles. The number of rotatable bonds is 4. The smallest absolute Gasteiger partial charge is 0.123 e. The average molecular weight is 207 g/mol. The van der Waals surface area contributed by atoms with E-state index in [0.717, 1.165) is 23.9 Å². The predicted octanol–water partition coefficient (Wildman–Crippen LogP) is 3.13. The molecule has 3 unspecified atom stereocenters. The van der Waals surface area contributed by atoms with Crippen molar-refractivity contribution in [3.8, 4) is 0 Å². The molecule has 15 heavy (non-hydrogen) atoms. The molecule has 0 bridgehead atoms. The fourth-order valence-corrected chi connectivity index (χ4v) is 1.88. The highest BCUT2D eigenvalue weighted by atomic mass is 19.1. The summed E-state index contributed by atoms with van der Waals surface area (Å²) in [5, 5.41) is 3.49. The number of hydrogen-bond donors (Lipinski definition) is 1. The number of benzene rings is 1. The molecule has 0 spiro atoms. The highest BCUT2D eigenvalue weighted by Gasteiger charge is 2.32. The van der Waals surface area contributed by atoms with Crippen molar-refractivity contribution >= 4 is 0 Å². The Labute approximate surface area is 90.7 Å². The largest absolute Gasteiger partial charge is 0.310 e. The third-order valence-electron chi connectivity index (χ3n) is 3.33. The van der Waals surface area contributed by atoms with E-state index in [0.29, 0.717) is 6.04 Å². The van der Waals surface area contributed by atoms with E-state index in [9.17, 15) is 4.39 Å². The third kappa shape index (κ3) is 2.78. The molecule has 0 aliphatic heterocycles. The summed E-state index contributed by atoms with van der Waals surface area (Å²) in [5.74, 6) is 1.58. The molecule has 0 aromatic heterocycles. The van der Waals surface area contributed by atoms with Gasteiger partial charge >= 0.3 is 0 Å². The van der Waals surface area contributed by atoms with Crippen molar-refractivity contribution in [1.82, 2.24) is 5.32 Å². The van der Waals surface area contributed by atoms with Gasteiger partial charge in [0.15, 0.2) is 0 Å². The molecule has 2 rings (SSSR count). The van der Waals surface area contributed by atoms with Crippen LogP contribution in [0.15, 0.2) is 24.3 Å². The number of halogens is 1. The van der Waals surface area contributed by atoms with Gasteiger partial charge in [-0.1, -0.05) is 19.1 Å². The summed E-state index contributed by atoms with van der Waals surface area (Å²) in [6, 6.07) is 7.06. The second-order valence-corrected chi connectivity index (χ2v) is 4.65. The van der Waals surface area contributed by atoms with Gasteiger partial charge in [-0.05, 0) is 49.4 Å². The molecular formula is C13H18FN. The Kier molecular flexibility index (Phi) is 3.06. The van der Waals surface area contributed by atoms with E-state index in [1.807, 2.05) is 12.1 Å². The summed E-state index contributed by atoms with van der Waals surface area (Å²) in [4.78, 5) is 0. The van der Waals surface area contributed by atoms with E-state index < -0.39 is 0 Å². The highest BCUT2D eigenvalue weighted by molar-refractivity contribution is 5.19. The molecule has 1 nitrogen and oxygen atoms in total. The highest BCUT2D eigenvalue weighted by Crippen LogP contribution is 2.37. The third-order valence-corrected chi connectivity index (χ3v) is 3.33. The number of hydrogen-bond acceptors (Lipinski definition) is 1. The number of nitrogens with one attached hydrogen (secondary N) is 1. The summed E-state index contributed by atoms with van der Waals surface area (Å²) in [7, 11) is 0. The Balaban J connectivity index is 1.84. The maximum Gasteiger partial charge on any atom is 0.123 e. The molecule has 1 N–H and O–H groups in total. The van der Waals surface area contributed by atoms with Crippen LogP contribution in [0.3, 0.4) is 0 Å². The summed E-state index contributed by atoms with van der Waals surface area (Å²) in [5.41, 5.74) is 1.16. The molecule has 0 radical (unpaired) electrons. The van der Waals surface area contributed by atoms with Crippen molar-refractivity contribution < 1.29 is 4.39 Å². The van der Waals surface area contributed by atoms with E-state index in [1.165, 1.54) is 18.6 Å². The van der Waals surface area contributed by atoms with E-state index in [4.69, 9.17) is 0 Å². The van der Waals surface area contributed by atoms with Crippen LogP contribution >= 0.6 is 0 Å². The maximum absolute atomic E-state index is 12.7. The minimum Gasteiger partial charge on any atom is -0.310 e. The maximum atomic E-state index is 12.7. The van der Waals surface area contributed by atoms with Crippen molar-refractivity contribution in [2.45, 2.75) is 26.3 Å². The second-order valence-electron chi connectivity index (χ2n) is 4.65. The molecule has 0 saturated heterocycles. The van der Waals surface area contributed by atoms with Gasteiger partial charge < -0.3 is 5.32 Å². The molecule has 1 aliphatic rings. The van der Waals surface area contributed by atoms with Crippen LogP contribution in [0.25, 0.3) is 0 Å². The van der Waals surface area contributed by atoms with Gasteiger partial charge in [0.1, 0.15) is 5.82 Å². The molecule has 1 aromatic rings. The fourth-order valence-electron chi connectivity index (χ4n) is 1.88. The van der Waals surface area contributed by atoms with Crippen molar-refractivity contribution in [1.29, 1.82) is 0 Å². The zero-order valence-electron chi connectivity index (χ0n) is 9.33. The standard InChI is InChI=1S/C13H18FN/c1-9-7-12(9)8-15-10(2)11-3-5-13(14)6-4-11/h3-6,9-10,12,15H,7-8H2,1-2H3. The molecule has 2 heteroatoms. The lowest BCUT2D eigenvalue weighted by Gasteiger charge is -2.13. The summed E-state index contributed by atoms with van der Waals surface area (Å²) in [6.45, 7) is 5.49. The average Bonchev–Trinajstić information content (AvgIpc) is 2.92. The van der Waals surface area contributed by atoms with Gasteiger partial charge in [-0.25, -0.2) is 4.39 Å². The van der Waals surface area contributed by atoms with E-state index in [-0.39, 0.29) is 5.82 Å². The Morgan fingerprint density at radius 3 is 2.53 bits per heavy atom. The monoisotopic (exact) mass is 207 g/mol. The van der Waals surface area contributed by atoms with Gasteiger partial charge in [0.25, 0.3) is 0 Å². The van der Waals surface area contributed by atoms with E-state index >= 15 is 0 Å². The zero-order chi connectivity index (χ0) is 10.8. The van der Waals surface area contributed by atoms with Crippen molar-refractivity contribution in [3.05, 3.63) is 35.6 Å². The first kappa shape index (κ1) is 10.6. The first-order valence-corrected chi connectivity index (χ1v) is 5.65. The van der Waals surface area contributed by atoms with Crippen molar-refractivity contribution in [2.24, 2.45) is 11.8 Å². The van der Waals surface area contributed by atoms with Gasteiger partial charge in [-0.3, -0.25) is 0 Å². The second kappa shape index (κ2) is 4.31. The van der Waals surface area contributed by atoms with Gasteiger partial charge in [-0.2, -0.15) is 0 Å². The van der Waals surface area contributed by atoms with Crippen LogP contribution in [-0.4, -0.2) is 6.54 Å². The zero-order valence-corrected chi connectivity index (χ0v) is 9.33. The Morgan fingerprint density at radius 1 is 1.40 bits per heavy atom. The molecule has 0 heterocycles. The van der Waals surface area contributed by atoms with Crippen molar-refractivity contribution in [3.63, 3.8) is 0 Å². The SMILES string of the molecule is CC(NCC1CC1C)c1ccc(F)cc1. The van der Waals surface area contributed by atoms with Gasteiger partial charge in [0, 0.05) is 6.04 Å². The van der Waals surface area contributed by atoms with E-state index in [2.05, 4.69) is 19.2 Å². The fraction of sp³-hybridized carbons (Fsp3) is 0.538. The molecule has 1 saturated carbocycles. The van der Waals surface area contributed by atoms with Crippen LogP contribution in [0.4, 0.5) is 4.39 Å². The molecule has 1 fully saturated rings. The lowest BCUT2D eigenvalue weighted by Crippen LogP contribution is -2.21. The quantitative estimate of drug-likeness (QED) is 0.799. The first-order chi connectivity index (χ1) is 7.16. The molecule has 0 amide bonds. The van der Waals surface area contributed by atoms with Gasteiger partial charge in [0.05, 0.1) is 0 Å². The lowest BCUT2D eigenvalue weighted by molar-refractivity contribution is 0.534. The van der Waals surface area contributed by atoms with E-state index in [1.54, 1.807) is 0 Å². The van der Waals surface area contributed by atoms with Crippen LogP contribution < -0.4 is 5.32 Å². The topological polar surface area (TPSA) is 12.0 Å². The summed E-state index contributed by atoms with van der Waals surface area (Å²) < 4.78 is 12.7. The molecule has 82 valence electrons. The van der Waals surface area contributed by atoms with Gasteiger partial charge in [-0.15, -0.1) is 0 Å². The Morgan fingerprint density at radius 2 is 2.00 bits per heavy atom. The van der Waals surface area contributed by atoms with Crippen LogP contribution in [0.2, 0.25) is 0 Å². The lowest BCUT2D eigenvalue weighted by atomic mass is 10.1. The molecular weight excluding hydrogens is 189 g/mol. The Bertz CT molecular complexity index is 320. The van der Waals surface area contributed by atoms with Gasteiger partial charge in [0.2, 0.25) is 0 Å². The molecule has 1 aliphatic carbocycles. The predicted molar refractivity (Wildman–Crippen MR) is 60.1 cm³/mol. The minimum atomic E-state index is -0.165. The first-order valence-electron chi connectivity index (χ1n) is 5.65. The van der Waals surface area contributed by atoms with Crippen molar-refractivity contribution in [2.75, 3.05) is 6.54 Å². The van der Waals surface area contributed by atoms with Crippen LogP contribution in [0.5, 0.6) is 0 Å². The van der Waals surface area contributed by atoms with Crippen LogP contribution in [0, 0.1) is 17.7 Å². The molecule has 3 atom stereocenters. The minimum absolute atomic E-state index is 0.165. The van der Waals surface area contributed by atoms with Crippen LogP contribution in [-0.2, 0) is 0 Å². The summed E-state index contributed by atoms with van der Waals surface area (Å²) in [6.07, 6.45) is 1.35. The normalized spacial score (nSPS) is 26.3. The van der Waals surface area contributed by atoms with Crippen LogP contribution in [0.1, 0.15) is 31.9 Å². The summed E-state index contributed by atoms with van der Waals surface area (Å²) >= 11 is 0. The Hall–Kier alpha value is -0.890.